The van der Waals surface area contributed by atoms with E-state index in [2.05, 4.69) is 11.6 Å². The minimum atomic E-state index is -0.335. The topological polar surface area (TPSA) is 32.6 Å². The van der Waals surface area contributed by atoms with Crippen molar-refractivity contribution in [1.82, 2.24) is 0 Å². The molecule has 1 N–H and O–H groups in total. The summed E-state index contributed by atoms with van der Waals surface area (Å²) in [5.41, 5.74) is 0.385. The Hall–Kier alpha value is -1.25. The molecular weight excluding hydrogens is 169 g/mol. The second-order valence-corrected chi connectivity index (χ2v) is 3.43. The van der Waals surface area contributed by atoms with Gasteiger partial charge in [0.05, 0.1) is 0 Å². The van der Waals surface area contributed by atoms with Crippen molar-refractivity contribution in [2.75, 3.05) is 0 Å². The lowest BCUT2D eigenvalue weighted by Crippen LogP contribution is -2.05. The lowest BCUT2D eigenvalue weighted by molar-refractivity contribution is 0.392. The zero-order valence-electron chi connectivity index (χ0n) is 7.20. The predicted octanol–water partition coefficient (Wildman–Crippen LogP) is 2.55. The molecule has 0 aromatic heterocycles. The molecule has 0 aromatic carbocycles. The van der Waals surface area contributed by atoms with Crippen LogP contribution in [-0.2, 0) is 0 Å². The summed E-state index contributed by atoms with van der Waals surface area (Å²) in [5.74, 6) is 0.0355. The Morgan fingerprint density at radius 2 is 2.62 bits per heavy atom. The fourth-order valence-corrected chi connectivity index (χ4v) is 1.51. The van der Waals surface area contributed by atoms with Gasteiger partial charge in [0.15, 0.2) is 5.97 Å². The summed E-state index contributed by atoms with van der Waals surface area (Å²) in [6.45, 7) is 3.49. The number of allylic oxidation sites excluding steroid dienone is 2. The van der Waals surface area contributed by atoms with Gasteiger partial charge in [-0.1, -0.05) is 18.0 Å². The van der Waals surface area contributed by atoms with Gasteiger partial charge in [0.1, 0.15) is 0 Å². The van der Waals surface area contributed by atoms with E-state index >= 15 is 0 Å². The van der Waals surface area contributed by atoms with Crippen LogP contribution in [0.2, 0.25) is 0 Å². The Morgan fingerprint density at radius 1 is 1.85 bits per heavy atom. The third-order valence-corrected chi connectivity index (χ3v) is 2.38. The average molecular weight is 180 g/mol. The first-order chi connectivity index (χ1) is 6.22. The number of fused-ring (bicyclic) bond motifs is 1. The summed E-state index contributed by atoms with van der Waals surface area (Å²) in [6.07, 6.45) is 4.59. The first kappa shape index (κ1) is 8.35. The standard InChI is InChI=1S/C10H11FNO/c1-2-3-9(13)8-5-6-4-7(6)10(11)12-8/h2,5-7,13H,1,3-4H2/q-1. The summed E-state index contributed by atoms with van der Waals surface area (Å²) in [5, 5.41) is 9.43. The molecule has 2 rings (SSSR count). The summed E-state index contributed by atoms with van der Waals surface area (Å²) in [7, 11) is 0. The van der Waals surface area contributed by atoms with E-state index in [0.29, 0.717) is 12.1 Å². The SMILES string of the molecule is C=CCC(O)=C1[CH-]C2CC2C(F)=N1. The van der Waals surface area contributed by atoms with Crippen LogP contribution in [-0.4, -0.2) is 11.1 Å². The molecule has 0 aromatic rings. The first-order valence-electron chi connectivity index (χ1n) is 4.34. The molecule has 1 aliphatic carbocycles. The normalized spacial score (nSPS) is 34.1. The van der Waals surface area contributed by atoms with Gasteiger partial charge >= 0.3 is 0 Å². The average Bonchev–Trinajstić information content (AvgIpc) is 2.84. The number of aliphatic hydroxyl groups is 1. The molecule has 0 saturated heterocycles. The van der Waals surface area contributed by atoms with Gasteiger partial charge in [0.2, 0.25) is 0 Å². The lowest BCUT2D eigenvalue weighted by Gasteiger charge is -2.19. The fraction of sp³-hybridized carbons (Fsp3) is 0.400. The van der Waals surface area contributed by atoms with Crippen LogP contribution in [0.1, 0.15) is 12.8 Å². The third-order valence-electron chi connectivity index (χ3n) is 2.38. The zero-order chi connectivity index (χ0) is 9.42. The van der Waals surface area contributed by atoms with Gasteiger partial charge in [-0.05, 0) is 12.2 Å². The minimum absolute atomic E-state index is 0.000260. The number of aliphatic imine (C=N–C) groups is 1. The molecule has 1 saturated carbocycles. The zero-order valence-corrected chi connectivity index (χ0v) is 7.20. The van der Waals surface area contributed by atoms with Crippen LogP contribution in [0.15, 0.2) is 29.1 Å². The monoisotopic (exact) mass is 180 g/mol. The van der Waals surface area contributed by atoms with Crippen LogP contribution in [0.5, 0.6) is 0 Å². The van der Waals surface area contributed by atoms with Crippen molar-refractivity contribution in [3.05, 3.63) is 30.5 Å². The highest BCUT2D eigenvalue weighted by atomic mass is 19.1. The Bertz CT molecular complexity index is 306. The Morgan fingerprint density at radius 3 is 3.23 bits per heavy atom. The molecule has 0 radical (unpaired) electrons. The van der Waals surface area contributed by atoms with Crippen molar-refractivity contribution in [3.8, 4) is 0 Å². The second-order valence-electron chi connectivity index (χ2n) is 3.43. The molecule has 0 amide bonds. The molecule has 2 aliphatic rings. The van der Waals surface area contributed by atoms with Crippen LogP contribution in [0.3, 0.4) is 0 Å². The first-order valence-corrected chi connectivity index (χ1v) is 4.34. The van der Waals surface area contributed by atoms with Gasteiger partial charge in [-0.15, -0.1) is 12.7 Å². The predicted molar refractivity (Wildman–Crippen MR) is 48.9 cm³/mol. The minimum Gasteiger partial charge on any atom is -0.594 e. The summed E-state index contributed by atoms with van der Waals surface area (Å²) in [6, 6.07) is 0. The molecule has 2 atom stereocenters. The maximum absolute atomic E-state index is 13.0. The summed E-state index contributed by atoms with van der Waals surface area (Å²) < 4.78 is 13.0. The number of halogens is 1. The van der Waals surface area contributed by atoms with Crippen molar-refractivity contribution < 1.29 is 9.50 Å². The number of hydrogen-bond acceptors (Lipinski definition) is 2. The van der Waals surface area contributed by atoms with Gasteiger partial charge in [0, 0.05) is 5.92 Å². The highest BCUT2D eigenvalue weighted by molar-refractivity contribution is 5.83. The molecule has 0 spiro atoms. The molecule has 1 aliphatic heterocycles. The van der Waals surface area contributed by atoms with Crippen LogP contribution in [0.4, 0.5) is 4.39 Å². The van der Waals surface area contributed by atoms with E-state index in [4.69, 9.17) is 0 Å². The highest BCUT2D eigenvalue weighted by Crippen LogP contribution is 2.47. The van der Waals surface area contributed by atoms with Gasteiger partial charge in [-0.25, -0.2) is 0 Å². The van der Waals surface area contributed by atoms with Gasteiger partial charge in [0.25, 0.3) is 0 Å². The Labute approximate surface area is 76.5 Å². The van der Waals surface area contributed by atoms with Crippen LogP contribution in [0.25, 0.3) is 0 Å². The van der Waals surface area contributed by atoms with Crippen molar-refractivity contribution in [3.63, 3.8) is 0 Å². The number of rotatable bonds is 2. The van der Waals surface area contributed by atoms with E-state index in [1.807, 2.05) is 6.42 Å². The van der Waals surface area contributed by atoms with E-state index in [1.165, 1.54) is 0 Å². The van der Waals surface area contributed by atoms with Gasteiger partial charge < -0.3 is 5.11 Å². The molecule has 1 heterocycles. The Kier molecular flexibility index (Phi) is 1.87. The van der Waals surface area contributed by atoms with Crippen LogP contribution < -0.4 is 0 Å². The third kappa shape index (κ3) is 1.46. The Balaban J connectivity index is 2.21. The summed E-state index contributed by atoms with van der Waals surface area (Å²) >= 11 is 0. The van der Waals surface area contributed by atoms with Crippen molar-refractivity contribution in [2.45, 2.75) is 12.8 Å². The van der Waals surface area contributed by atoms with Crippen molar-refractivity contribution >= 4 is 5.97 Å². The molecule has 1 fully saturated rings. The number of nitrogens with zero attached hydrogens (tertiary/aromatic N) is 1. The van der Waals surface area contributed by atoms with Crippen LogP contribution >= 0.6 is 0 Å². The number of aliphatic hydroxyl groups excluding tert-OH is 1. The molecule has 13 heavy (non-hydrogen) atoms. The van der Waals surface area contributed by atoms with E-state index in [0.717, 1.165) is 6.42 Å². The number of hydrogen-bond donors (Lipinski definition) is 1. The fourth-order valence-electron chi connectivity index (χ4n) is 1.51. The smallest absolute Gasteiger partial charge is 0.188 e. The second kappa shape index (κ2) is 2.91. The summed E-state index contributed by atoms with van der Waals surface area (Å²) in [4.78, 5) is 3.70. The van der Waals surface area contributed by atoms with E-state index in [-0.39, 0.29) is 23.6 Å². The quantitative estimate of drug-likeness (QED) is 0.395. The van der Waals surface area contributed by atoms with Gasteiger partial charge in [-0.2, -0.15) is 10.8 Å². The highest BCUT2D eigenvalue weighted by Gasteiger charge is 2.40. The molecular formula is C10H11FNO-. The van der Waals surface area contributed by atoms with Crippen molar-refractivity contribution in [2.24, 2.45) is 16.8 Å². The van der Waals surface area contributed by atoms with Gasteiger partial charge in [-0.3, -0.25) is 4.99 Å². The maximum Gasteiger partial charge on any atom is 0.188 e. The molecule has 2 unspecified atom stereocenters. The van der Waals surface area contributed by atoms with E-state index in [9.17, 15) is 9.50 Å². The molecule has 2 nitrogen and oxygen atoms in total. The largest absolute Gasteiger partial charge is 0.594 e. The molecule has 70 valence electrons. The lowest BCUT2D eigenvalue weighted by atomic mass is 10.1. The van der Waals surface area contributed by atoms with Crippen molar-refractivity contribution in [1.29, 1.82) is 0 Å². The van der Waals surface area contributed by atoms with Crippen LogP contribution in [0, 0.1) is 18.3 Å². The van der Waals surface area contributed by atoms with E-state index in [1.54, 1.807) is 6.08 Å². The molecule has 0 bridgehead atoms. The maximum atomic E-state index is 13.0. The van der Waals surface area contributed by atoms with E-state index < -0.39 is 0 Å². The molecule has 3 heteroatoms.